The molecule has 0 radical (unpaired) electrons. The number of carboxylic acids is 1. The van der Waals surface area contributed by atoms with Crippen molar-refractivity contribution in [3.8, 4) is 11.5 Å². The highest BCUT2D eigenvalue weighted by Gasteiger charge is 2.25. The zero-order valence-corrected chi connectivity index (χ0v) is 12.7. The maximum absolute atomic E-state index is 12.2. The number of carbonyl (C=O) groups excluding carboxylic acids is 1. The van der Waals surface area contributed by atoms with Crippen molar-refractivity contribution in [1.29, 1.82) is 0 Å². The Morgan fingerprint density at radius 3 is 2.29 bits per heavy atom. The SMILES string of the molecule is N[C@@H](Cc1ccc(O)cc1)C(=O)NC(C(=O)O)c1cccc(O)c1. The Kier molecular flexibility index (Phi) is 5.39. The highest BCUT2D eigenvalue weighted by molar-refractivity contribution is 5.87. The van der Waals surface area contributed by atoms with Crippen molar-refractivity contribution in [3.05, 3.63) is 59.7 Å². The van der Waals surface area contributed by atoms with Gasteiger partial charge in [0.25, 0.3) is 0 Å². The smallest absolute Gasteiger partial charge is 0.330 e. The Hall–Kier alpha value is -3.06. The van der Waals surface area contributed by atoms with E-state index in [4.69, 9.17) is 5.73 Å². The largest absolute Gasteiger partial charge is 0.508 e. The number of phenols is 2. The number of nitrogens with two attached hydrogens (primary N) is 1. The first-order valence-electron chi connectivity index (χ1n) is 7.22. The normalized spacial score (nSPS) is 13.0. The van der Waals surface area contributed by atoms with Gasteiger partial charge in [-0.2, -0.15) is 0 Å². The molecule has 2 atom stereocenters. The van der Waals surface area contributed by atoms with Gasteiger partial charge in [-0.15, -0.1) is 0 Å². The fraction of sp³-hybridized carbons (Fsp3) is 0.176. The highest BCUT2D eigenvalue weighted by Crippen LogP contribution is 2.19. The van der Waals surface area contributed by atoms with Crippen LogP contribution in [0.4, 0.5) is 0 Å². The van der Waals surface area contributed by atoms with E-state index in [-0.39, 0.29) is 23.5 Å². The predicted octanol–water partition coefficient (Wildman–Crippen LogP) is 0.910. The number of carbonyl (C=O) groups is 2. The first-order chi connectivity index (χ1) is 11.4. The molecular weight excluding hydrogens is 312 g/mol. The van der Waals surface area contributed by atoms with Crippen molar-refractivity contribution in [2.24, 2.45) is 5.73 Å². The number of carboxylic acid groups (broad SMARTS) is 1. The third-order valence-electron chi connectivity index (χ3n) is 3.47. The lowest BCUT2D eigenvalue weighted by molar-refractivity contribution is -0.142. The van der Waals surface area contributed by atoms with Gasteiger partial charge in [0.2, 0.25) is 5.91 Å². The Morgan fingerprint density at radius 1 is 1.04 bits per heavy atom. The fourth-order valence-corrected chi connectivity index (χ4v) is 2.22. The van der Waals surface area contributed by atoms with Crippen LogP contribution in [0.1, 0.15) is 17.2 Å². The maximum atomic E-state index is 12.2. The number of hydrogen-bond donors (Lipinski definition) is 5. The van der Waals surface area contributed by atoms with Crippen molar-refractivity contribution in [2.75, 3.05) is 0 Å². The molecule has 0 saturated carbocycles. The van der Waals surface area contributed by atoms with Gasteiger partial charge in [0, 0.05) is 0 Å². The summed E-state index contributed by atoms with van der Waals surface area (Å²) >= 11 is 0. The number of amides is 1. The van der Waals surface area contributed by atoms with Gasteiger partial charge in [0.15, 0.2) is 6.04 Å². The second-order valence-electron chi connectivity index (χ2n) is 5.35. The summed E-state index contributed by atoms with van der Waals surface area (Å²) in [7, 11) is 0. The summed E-state index contributed by atoms with van der Waals surface area (Å²) in [4.78, 5) is 23.6. The molecule has 0 aliphatic heterocycles. The van der Waals surface area contributed by atoms with Crippen molar-refractivity contribution in [1.82, 2.24) is 5.32 Å². The van der Waals surface area contributed by atoms with Crippen molar-refractivity contribution < 1.29 is 24.9 Å². The van der Waals surface area contributed by atoms with Crippen LogP contribution >= 0.6 is 0 Å². The molecule has 0 aliphatic rings. The molecule has 2 rings (SSSR count). The summed E-state index contributed by atoms with van der Waals surface area (Å²) in [5.74, 6) is -1.88. The molecule has 0 aromatic heterocycles. The van der Waals surface area contributed by atoms with Crippen molar-refractivity contribution in [2.45, 2.75) is 18.5 Å². The van der Waals surface area contributed by atoms with Gasteiger partial charge in [-0.3, -0.25) is 4.79 Å². The first-order valence-corrected chi connectivity index (χ1v) is 7.22. The van der Waals surface area contributed by atoms with Crippen molar-refractivity contribution in [3.63, 3.8) is 0 Å². The van der Waals surface area contributed by atoms with E-state index in [9.17, 15) is 24.9 Å². The molecule has 6 N–H and O–H groups in total. The summed E-state index contributed by atoms with van der Waals surface area (Å²) in [6, 6.07) is 9.61. The molecule has 0 saturated heterocycles. The minimum atomic E-state index is -1.31. The molecule has 7 nitrogen and oxygen atoms in total. The second-order valence-corrected chi connectivity index (χ2v) is 5.35. The maximum Gasteiger partial charge on any atom is 0.330 e. The molecule has 1 unspecified atom stereocenters. The van der Waals surface area contributed by atoms with Gasteiger partial charge in [-0.25, -0.2) is 4.79 Å². The summed E-state index contributed by atoms with van der Waals surface area (Å²) in [6.45, 7) is 0. The molecular formula is C17H18N2O5. The molecule has 1 amide bonds. The number of rotatable bonds is 6. The topological polar surface area (TPSA) is 133 Å². The number of aromatic hydroxyl groups is 2. The molecule has 0 heterocycles. The van der Waals surface area contributed by atoms with E-state index in [0.717, 1.165) is 5.56 Å². The zero-order chi connectivity index (χ0) is 17.7. The monoisotopic (exact) mass is 330 g/mol. The van der Waals surface area contributed by atoms with E-state index in [0.29, 0.717) is 0 Å². The molecule has 7 heteroatoms. The summed E-state index contributed by atoms with van der Waals surface area (Å²) in [5, 5.41) is 30.4. The average Bonchev–Trinajstić information content (AvgIpc) is 2.54. The number of nitrogens with one attached hydrogen (secondary N) is 1. The van der Waals surface area contributed by atoms with Crippen molar-refractivity contribution >= 4 is 11.9 Å². The van der Waals surface area contributed by atoms with Gasteiger partial charge in [-0.05, 0) is 41.8 Å². The predicted molar refractivity (Wildman–Crippen MR) is 86.4 cm³/mol. The lowest BCUT2D eigenvalue weighted by Gasteiger charge is -2.18. The van der Waals surface area contributed by atoms with Crippen LogP contribution in [0.2, 0.25) is 0 Å². The number of benzene rings is 2. The first kappa shape index (κ1) is 17.3. The quantitative estimate of drug-likeness (QED) is 0.535. The standard InChI is InChI=1S/C17H18N2O5/c18-14(8-10-4-6-12(20)7-5-10)16(22)19-15(17(23)24)11-2-1-3-13(21)9-11/h1-7,9,14-15,20-21H,8,18H2,(H,19,22)(H,23,24)/t14-,15?/m0/s1. The van der Waals surface area contributed by atoms with Gasteiger partial charge < -0.3 is 26.4 Å². The van der Waals surface area contributed by atoms with Gasteiger partial charge >= 0.3 is 5.97 Å². The Morgan fingerprint density at radius 2 is 1.71 bits per heavy atom. The summed E-state index contributed by atoms with van der Waals surface area (Å²) in [6.07, 6.45) is 0.193. The van der Waals surface area contributed by atoms with Gasteiger partial charge in [0.1, 0.15) is 11.5 Å². The van der Waals surface area contributed by atoms with E-state index < -0.39 is 24.0 Å². The van der Waals surface area contributed by atoms with E-state index in [2.05, 4.69) is 5.32 Å². The molecule has 0 aliphatic carbocycles. The van der Waals surface area contributed by atoms with Crippen LogP contribution in [0.25, 0.3) is 0 Å². The molecule has 2 aromatic rings. The van der Waals surface area contributed by atoms with Gasteiger partial charge in [0.05, 0.1) is 6.04 Å². The third kappa shape index (κ3) is 4.47. The van der Waals surface area contributed by atoms with Crippen LogP contribution in [-0.4, -0.2) is 33.2 Å². The van der Waals surface area contributed by atoms with E-state index in [1.807, 2.05) is 0 Å². The zero-order valence-electron chi connectivity index (χ0n) is 12.7. The number of aliphatic carboxylic acids is 1. The summed E-state index contributed by atoms with van der Waals surface area (Å²) < 4.78 is 0. The van der Waals surface area contributed by atoms with E-state index in [1.165, 1.54) is 36.4 Å². The minimum absolute atomic E-state index is 0.0959. The average molecular weight is 330 g/mol. The highest BCUT2D eigenvalue weighted by atomic mass is 16.4. The molecule has 0 spiro atoms. The lowest BCUT2D eigenvalue weighted by Crippen LogP contribution is -2.45. The number of phenolic OH excluding ortho intramolecular Hbond substituents is 2. The van der Waals surface area contributed by atoms with Gasteiger partial charge in [-0.1, -0.05) is 24.3 Å². The Labute approximate surface area is 138 Å². The Bertz CT molecular complexity index is 730. The van der Waals surface area contributed by atoms with Crippen LogP contribution in [0.15, 0.2) is 48.5 Å². The fourth-order valence-electron chi connectivity index (χ4n) is 2.22. The van der Waals surface area contributed by atoms with Crippen LogP contribution < -0.4 is 11.1 Å². The van der Waals surface area contributed by atoms with Crippen LogP contribution in [0.3, 0.4) is 0 Å². The lowest BCUT2D eigenvalue weighted by atomic mass is 10.0. The third-order valence-corrected chi connectivity index (χ3v) is 3.47. The number of hydrogen-bond acceptors (Lipinski definition) is 5. The summed E-state index contributed by atoms with van der Waals surface area (Å²) in [5.41, 5.74) is 6.81. The molecule has 2 aromatic carbocycles. The molecule has 24 heavy (non-hydrogen) atoms. The second kappa shape index (κ2) is 7.47. The van der Waals surface area contributed by atoms with Crippen LogP contribution in [-0.2, 0) is 16.0 Å². The molecule has 126 valence electrons. The molecule has 0 bridgehead atoms. The minimum Gasteiger partial charge on any atom is -0.508 e. The van der Waals surface area contributed by atoms with Crippen LogP contribution in [0, 0.1) is 0 Å². The Balaban J connectivity index is 2.07. The van der Waals surface area contributed by atoms with E-state index >= 15 is 0 Å². The molecule has 0 fully saturated rings. The van der Waals surface area contributed by atoms with E-state index in [1.54, 1.807) is 12.1 Å². The van der Waals surface area contributed by atoms with Crippen LogP contribution in [0.5, 0.6) is 11.5 Å².